The molecule has 0 unspecified atom stereocenters. The van der Waals surface area contributed by atoms with Gasteiger partial charge in [0.05, 0.1) is 5.71 Å². The van der Waals surface area contributed by atoms with Crippen LogP contribution < -0.4 is 0 Å². The van der Waals surface area contributed by atoms with Crippen LogP contribution in [0.25, 0.3) is 5.03 Å². The lowest BCUT2D eigenvalue weighted by Gasteiger charge is -2.03. The van der Waals surface area contributed by atoms with E-state index in [1.54, 1.807) is 28.7 Å². The van der Waals surface area contributed by atoms with Crippen LogP contribution in [0, 0.1) is 6.92 Å². The fourth-order valence-corrected chi connectivity index (χ4v) is 5.32. The van der Waals surface area contributed by atoms with E-state index in [0.29, 0.717) is 5.75 Å². The van der Waals surface area contributed by atoms with Gasteiger partial charge in [-0.3, -0.25) is 0 Å². The average molecular weight is 386 g/mol. The minimum atomic E-state index is 0.296. The van der Waals surface area contributed by atoms with Gasteiger partial charge in [-0.1, -0.05) is 35.9 Å². The van der Waals surface area contributed by atoms with Crippen molar-refractivity contribution in [3.05, 3.63) is 74.3 Å². The average Bonchev–Trinajstić information content (AvgIpc) is 3.17. The smallest absolute Gasteiger partial charge is 0.125 e. The number of phenols is 1. The molecule has 2 nitrogen and oxygen atoms in total. The number of hydrogen-bond donors (Lipinski definition) is 1. The Morgan fingerprint density at radius 2 is 2.12 bits per heavy atom. The summed E-state index contributed by atoms with van der Waals surface area (Å²) in [6, 6.07) is 11.6. The molecule has 0 radical (unpaired) electrons. The molecular formula is C20H16ClNOS2. The molecule has 4 rings (SSSR count). The van der Waals surface area contributed by atoms with Gasteiger partial charge in [0.1, 0.15) is 10.8 Å². The summed E-state index contributed by atoms with van der Waals surface area (Å²) in [6.45, 7) is 2.11. The van der Waals surface area contributed by atoms with Gasteiger partial charge in [-0.25, -0.2) is 4.99 Å². The number of hydrogen-bond acceptors (Lipinski definition) is 4. The van der Waals surface area contributed by atoms with Gasteiger partial charge in [-0.15, -0.1) is 22.7 Å². The number of phenolic OH excluding ortho intramolecular Hbond substituents is 1. The summed E-state index contributed by atoms with van der Waals surface area (Å²) < 4.78 is 0. The molecule has 0 spiro atoms. The normalized spacial score (nSPS) is 13.8. The van der Waals surface area contributed by atoms with Crippen LogP contribution >= 0.6 is 34.3 Å². The molecule has 3 aromatic rings. The Kier molecular flexibility index (Phi) is 4.50. The van der Waals surface area contributed by atoms with E-state index >= 15 is 0 Å². The molecule has 5 heteroatoms. The van der Waals surface area contributed by atoms with E-state index in [9.17, 15) is 5.11 Å². The van der Waals surface area contributed by atoms with Crippen molar-refractivity contribution in [2.45, 2.75) is 19.8 Å². The van der Waals surface area contributed by atoms with Crippen LogP contribution in [0.3, 0.4) is 0 Å². The number of thiophene rings is 2. The Balaban J connectivity index is 1.76. The van der Waals surface area contributed by atoms with E-state index in [4.69, 9.17) is 16.6 Å². The van der Waals surface area contributed by atoms with Gasteiger partial charge < -0.3 is 5.11 Å². The third-order valence-electron chi connectivity index (χ3n) is 4.26. The van der Waals surface area contributed by atoms with Crippen molar-refractivity contribution in [1.82, 2.24) is 0 Å². The fourth-order valence-electron chi connectivity index (χ4n) is 2.98. The van der Waals surface area contributed by atoms with Crippen molar-refractivity contribution in [2.24, 2.45) is 4.99 Å². The second-order valence-electron chi connectivity index (χ2n) is 5.97. The number of nitrogens with zero attached hydrogens (tertiary/aromatic N) is 1. The molecule has 1 aromatic carbocycles. The number of rotatable bonds is 3. The Morgan fingerprint density at radius 1 is 1.24 bits per heavy atom. The molecule has 0 saturated carbocycles. The van der Waals surface area contributed by atoms with Crippen LogP contribution in [-0.4, -0.2) is 10.8 Å². The molecule has 1 aliphatic heterocycles. The van der Waals surface area contributed by atoms with Crippen molar-refractivity contribution < 1.29 is 5.11 Å². The molecule has 25 heavy (non-hydrogen) atoms. The highest BCUT2D eigenvalue weighted by Crippen LogP contribution is 2.44. The standard InChI is InChI=1S/C20H16ClNOS2/c1-12-18(11-13-4-2-5-14(23)10-13)25-20-19(12)15(21)7-8-16(22-20)17-6-3-9-24-17/h2-7,9-10,23H,8,11H2,1H3. The number of fused-ring (bicyclic) bond motifs is 1. The zero-order valence-electron chi connectivity index (χ0n) is 13.6. The Labute approximate surface area is 159 Å². The Morgan fingerprint density at radius 3 is 2.88 bits per heavy atom. The molecule has 0 fully saturated rings. The van der Waals surface area contributed by atoms with Gasteiger partial charge in [0.25, 0.3) is 0 Å². The van der Waals surface area contributed by atoms with Gasteiger partial charge in [0.2, 0.25) is 0 Å². The topological polar surface area (TPSA) is 32.6 Å². The molecule has 0 amide bonds. The highest BCUT2D eigenvalue weighted by molar-refractivity contribution is 7.16. The predicted molar refractivity (Wildman–Crippen MR) is 109 cm³/mol. The summed E-state index contributed by atoms with van der Waals surface area (Å²) in [6.07, 6.45) is 3.58. The molecule has 0 saturated heterocycles. The van der Waals surface area contributed by atoms with Crippen molar-refractivity contribution >= 4 is 50.0 Å². The monoisotopic (exact) mass is 385 g/mol. The molecular weight excluding hydrogens is 370 g/mol. The highest BCUT2D eigenvalue weighted by Gasteiger charge is 2.21. The lowest BCUT2D eigenvalue weighted by molar-refractivity contribution is 0.474. The van der Waals surface area contributed by atoms with Gasteiger partial charge in [0.15, 0.2) is 0 Å². The first-order chi connectivity index (χ1) is 12.1. The van der Waals surface area contributed by atoms with Crippen LogP contribution in [0.15, 0.2) is 52.8 Å². The van der Waals surface area contributed by atoms with Crippen LogP contribution in [0.5, 0.6) is 5.75 Å². The summed E-state index contributed by atoms with van der Waals surface area (Å²) in [5.41, 5.74) is 4.38. The number of halogens is 1. The zero-order chi connectivity index (χ0) is 17.4. The minimum absolute atomic E-state index is 0.296. The van der Waals surface area contributed by atoms with E-state index in [2.05, 4.69) is 24.4 Å². The van der Waals surface area contributed by atoms with Crippen molar-refractivity contribution in [3.63, 3.8) is 0 Å². The summed E-state index contributed by atoms with van der Waals surface area (Å²) >= 11 is 9.98. The second kappa shape index (κ2) is 6.79. The molecule has 1 N–H and O–H groups in total. The van der Waals surface area contributed by atoms with E-state index < -0.39 is 0 Å². The quantitative estimate of drug-likeness (QED) is 0.547. The van der Waals surface area contributed by atoms with Crippen LogP contribution in [0.4, 0.5) is 5.00 Å². The van der Waals surface area contributed by atoms with Crippen molar-refractivity contribution in [1.29, 1.82) is 0 Å². The Hall–Kier alpha value is -1.88. The number of aromatic hydroxyl groups is 1. The molecule has 3 heterocycles. The van der Waals surface area contributed by atoms with Crippen LogP contribution in [0.1, 0.15) is 32.9 Å². The lowest BCUT2D eigenvalue weighted by Crippen LogP contribution is -1.94. The summed E-state index contributed by atoms with van der Waals surface area (Å²) in [4.78, 5) is 7.36. The number of aliphatic imine (C=N–C) groups is 1. The molecule has 2 aromatic heterocycles. The number of allylic oxidation sites excluding steroid dienone is 1. The largest absolute Gasteiger partial charge is 0.508 e. The molecule has 0 aliphatic carbocycles. The lowest BCUT2D eigenvalue weighted by atomic mass is 10.1. The van der Waals surface area contributed by atoms with Gasteiger partial charge in [0, 0.05) is 33.2 Å². The fraction of sp³-hybridized carbons (Fsp3) is 0.150. The second-order valence-corrected chi connectivity index (χ2v) is 8.41. The number of benzene rings is 1. The van der Waals surface area contributed by atoms with E-state index in [1.807, 2.05) is 24.3 Å². The first-order valence-electron chi connectivity index (χ1n) is 7.99. The van der Waals surface area contributed by atoms with Gasteiger partial charge in [-0.05, 0) is 41.6 Å². The first kappa shape index (κ1) is 16.6. The van der Waals surface area contributed by atoms with Gasteiger partial charge >= 0.3 is 0 Å². The third-order valence-corrected chi connectivity index (χ3v) is 6.71. The maximum Gasteiger partial charge on any atom is 0.125 e. The van der Waals surface area contributed by atoms with Crippen LogP contribution in [0.2, 0.25) is 0 Å². The SMILES string of the molecule is Cc1c(Cc2cccc(O)c2)sc2c1C(Cl)=CCC(c1cccs1)=N2. The maximum atomic E-state index is 9.69. The van der Waals surface area contributed by atoms with Crippen molar-refractivity contribution in [3.8, 4) is 5.75 Å². The zero-order valence-corrected chi connectivity index (χ0v) is 16.0. The van der Waals surface area contributed by atoms with E-state index in [0.717, 1.165) is 39.7 Å². The molecule has 126 valence electrons. The highest BCUT2D eigenvalue weighted by atomic mass is 35.5. The summed E-state index contributed by atoms with van der Waals surface area (Å²) in [5, 5.41) is 13.5. The minimum Gasteiger partial charge on any atom is -0.508 e. The predicted octanol–water partition coefficient (Wildman–Crippen LogP) is 6.52. The van der Waals surface area contributed by atoms with E-state index in [-0.39, 0.29) is 0 Å². The first-order valence-corrected chi connectivity index (χ1v) is 10.1. The Bertz CT molecular complexity index is 983. The molecule has 0 atom stereocenters. The van der Waals surface area contributed by atoms with Gasteiger partial charge in [-0.2, -0.15) is 0 Å². The molecule has 0 bridgehead atoms. The van der Waals surface area contributed by atoms with E-state index in [1.165, 1.54) is 15.3 Å². The van der Waals surface area contributed by atoms with Crippen LogP contribution in [-0.2, 0) is 6.42 Å². The maximum absolute atomic E-state index is 9.69. The summed E-state index contributed by atoms with van der Waals surface area (Å²) in [5.74, 6) is 0.296. The third kappa shape index (κ3) is 3.30. The molecule has 1 aliphatic rings. The van der Waals surface area contributed by atoms with Crippen molar-refractivity contribution in [2.75, 3.05) is 0 Å². The summed E-state index contributed by atoms with van der Waals surface area (Å²) in [7, 11) is 0.